The van der Waals surface area contributed by atoms with Gasteiger partial charge in [0.25, 0.3) is 0 Å². The average Bonchev–Trinajstić information content (AvgIpc) is 2.75. The fraction of sp³-hybridized carbons (Fsp3) is 0.304. The molecule has 160 valence electrons. The zero-order valence-corrected chi connectivity index (χ0v) is 18.3. The maximum absolute atomic E-state index is 12.2. The highest BCUT2D eigenvalue weighted by atomic mass is 35.5. The Morgan fingerprint density at radius 3 is 2.53 bits per heavy atom. The molecule has 2 N–H and O–H groups in total. The summed E-state index contributed by atoms with van der Waals surface area (Å²) in [6, 6.07) is 17.2. The molecule has 30 heavy (non-hydrogen) atoms. The van der Waals surface area contributed by atoms with Gasteiger partial charge in [-0.1, -0.05) is 12.1 Å². The van der Waals surface area contributed by atoms with Gasteiger partial charge in [0.05, 0.1) is 5.52 Å². The first-order valence-electron chi connectivity index (χ1n) is 9.90. The highest BCUT2D eigenvalue weighted by molar-refractivity contribution is 5.90. The number of rotatable bonds is 6. The normalized spacial score (nSPS) is 13.7. The van der Waals surface area contributed by atoms with Crippen LogP contribution in [0.1, 0.15) is 25.7 Å². The maximum Gasteiger partial charge on any atom is 0.224 e. The number of hydrogen-bond donors (Lipinski definition) is 2. The summed E-state index contributed by atoms with van der Waals surface area (Å²) in [5.41, 5.74) is 1.69. The summed E-state index contributed by atoms with van der Waals surface area (Å²) in [6.07, 6.45) is 5.62. The van der Waals surface area contributed by atoms with Gasteiger partial charge in [-0.2, -0.15) is 0 Å². The SMILES string of the molecule is Cl.Cl.O=C(CCC1CCNCC1)Nc1ccc(Oc2ccnc3ccccc23)cc1. The van der Waals surface area contributed by atoms with E-state index < -0.39 is 0 Å². The highest BCUT2D eigenvalue weighted by Gasteiger charge is 2.14. The van der Waals surface area contributed by atoms with E-state index in [1.54, 1.807) is 6.20 Å². The summed E-state index contributed by atoms with van der Waals surface area (Å²) in [5, 5.41) is 7.31. The number of nitrogens with one attached hydrogen (secondary N) is 2. The Balaban J connectivity index is 0.00000160. The summed E-state index contributed by atoms with van der Waals surface area (Å²) < 4.78 is 6.02. The molecule has 1 amide bonds. The fourth-order valence-corrected chi connectivity index (χ4v) is 3.62. The largest absolute Gasteiger partial charge is 0.457 e. The first-order valence-corrected chi connectivity index (χ1v) is 9.90. The van der Waals surface area contributed by atoms with Crippen LogP contribution in [0.2, 0.25) is 0 Å². The van der Waals surface area contributed by atoms with E-state index in [4.69, 9.17) is 4.74 Å². The van der Waals surface area contributed by atoms with E-state index in [1.165, 1.54) is 12.8 Å². The molecule has 0 atom stereocenters. The molecular weight excluding hydrogens is 421 g/mol. The molecule has 3 aromatic rings. The van der Waals surface area contributed by atoms with Gasteiger partial charge >= 0.3 is 0 Å². The number of benzene rings is 2. The zero-order chi connectivity index (χ0) is 19.2. The van der Waals surface area contributed by atoms with E-state index in [0.29, 0.717) is 12.3 Å². The molecule has 5 nitrogen and oxygen atoms in total. The minimum absolute atomic E-state index is 0. The number of ether oxygens (including phenoxy) is 1. The standard InChI is InChI=1S/C23H25N3O2.2ClH/c27-23(10-5-17-11-14-24-15-12-17)26-18-6-8-19(9-7-18)28-22-13-16-25-21-4-2-1-3-20(21)22;;/h1-4,6-9,13,16-17,24H,5,10-12,14-15H2,(H,26,27);2*1H. The molecule has 7 heteroatoms. The number of para-hydroxylation sites is 1. The number of pyridine rings is 1. The second kappa shape index (κ2) is 11.7. The molecular formula is C23H27Cl2N3O2. The topological polar surface area (TPSA) is 63.2 Å². The van der Waals surface area contributed by atoms with Gasteiger partial charge < -0.3 is 15.4 Å². The van der Waals surface area contributed by atoms with Gasteiger partial charge in [0.2, 0.25) is 5.91 Å². The van der Waals surface area contributed by atoms with Crippen LogP contribution in [-0.2, 0) is 4.79 Å². The number of hydrogen-bond acceptors (Lipinski definition) is 4. The Morgan fingerprint density at radius 1 is 1.03 bits per heavy atom. The van der Waals surface area contributed by atoms with Gasteiger partial charge in [-0.05, 0) is 80.7 Å². The first kappa shape index (κ1) is 23.9. The molecule has 4 rings (SSSR count). The van der Waals surface area contributed by atoms with E-state index in [2.05, 4.69) is 15.6 Å². The lowest BCUT2D eigenvalue weighted by atomic mass is 9.93. The Hall–Kier alpha value is -2.34. The van der Waals surface area contributed by atoms with E-state index in [0.717, 1.165) is 47.6 Å². The number of piperidine rings is 1. The van der Waals surface area contributed by atoms with Crippen molar-refractivity contribution in [2.75, 3.05) is 18.4 Å². The lowest BCUT2D eigenvalue weighted by Crippen LogP contribution is -2.28. The molecule has 1 aromatic heterocycles. The van der Waals surface area contributed by atoms with Crippen LogP contribution in [0.5, 0.6) is 11.5 Å². The third kappa shape index (κ3) is 6.33. The van der Waals surface area contributed by atoms with Crippen molar-refractivity contribution in [2.45, 2.75) is 25.7 Å². The number of nitrogens with zero attached hydrogens (tertiary/aromatic N) is 1. The van der Waals surface area contributed by atoms with Crippen molar-refractivity contribution in [2.24, 2.45) is 5.92 Å². The van der Waals surface area contributed by atoms with Crippen LogP contribution in [0.15, 0.2) is 60.8 Å². The van der Waals surface area contributed by atoms with Crippen molar-refractivity contribution in [1.82, 2.24) is 10.3 Å². The van der Waals surface area contributed by atoms with Crippen LogP contribution < -0.4 is 15.4 Å². The van der Waals surface area contributed by atoms with Gasteiger partial charge in [0, 0.05) is 23.7 Å². The average molecular weight is 448 g/mol. The summed E-state index contributed by atoms with van der Waals surface area (Å²) in [4.78, 5) is 16.6. The van der Waals surface area contributed by atoms with E-state index in [9.17, 15) is 4.79 Å². The van der Waals surface area contributed by atoms with Gasteiger partial charge in [0.1, 0.15) is 11.5 Å². The van der Waals surface area contributed by atoms with Crippen LogP contribution in [-0.4, -0.2) is 24.0 Å². The van der Waals surface area contributed by atoms with Crippen LogP contribution in [0.4, 0.5) is 5.69 Å². The summed E-state index contributed by atoms with van der Waals surface area (Å²) in [7, 11) is 0. The number of amides is 1. The lowest BCUT2D eigenvalue weighted by Gasteiger charge is -2.22. The van der Waals surface area contributed by atoms with Crippen LogP contribution in [0, 0.1) is 5.92 Å². The Morgan fingerprint density at radius 2 is 1.77 bits per heavy atom. The number of carbonyl (C=O) groups is 1. The van der Waals surface area contributed by atoms with Crippen LogP contribution >= 0.6 is 24.8 Å². The molecule has 1 aliphatic rings. The van der Waals surface area contributed by atoms with Gasteiger partial charge in [-0.25, -0.2) is 0 Å². The third-order valence-corrected chi connectivity index (χ3v) is 5.21. The first-order chi connectivity index (χ1) is 13.8. The Bertz CT molecular complexity index is 939. The molecule has 1 fully saturated rings. The second-order valence-corrected chi connectivity index (χ2v) is 7.23. The summed E-state index contributed by atoms with van der Waals surface area (Å²) in [5.74, 6) is 2.23. The predicted molar refractivity (Wildman–Crippen MR) is 126 cm³/mol. The van der Waals surface area contributed by atoms with Crippen molar-refractivity contribution in [3.8, 4) is 11.5 Å². The number of aromatic nitrogens is 1. The zero-order valence-electron chi connectivity index (χ0n) is 16.7. The fourth-order valence-electron chi connectivity index (χ4n) is 3.62. The predicted octanol–water partition coefficient (Wildman–Crippen LogP) is 5.59. The molecule has 0 spiro atoms. The van der Waals surface area contributed by atoms with Gasteiger partial charge in [0.15, 0.2) is 0 Å². The molecule has 0 unspecified atom stereocenters. The number of carbonyl (C=O) groups excluding carboxylic acids is 1. The van der Waals surface area contributed by atoms with Crippen LogP contribution in [0.25, 0.3) is 10.9 Å². The van der Waals surface area contributed by atoms with Gasteiger partial charge in [-0.3, -0.25) is 9.78 Å². The van der Waals surface area contributed by atoms with Crippen LogP contribution in [0.3, 0.4) is 0 Å². The quantitative estimate of drug-likeness (QED) is 0.516. The van der Waals surface area contributed by atoms with E-state index in [1.807, 2.05) is 54.6 Å². The molecule has 0 saturated carbocycles. The summed E-state index contributed by atoms with van der Waals surface area (Å²) in [6.45, 7) is 2.14. The van der Waals surface area contributed by atoms with E-state index >= 15 is 0 Å². The Kier molecular flexibility index (Phi) is 9.37. The second-order valence-electron chi connectivity index (χ2n) is 7.23. The Labute approximate surface area is 189 Å². The van der Waals surface area contributed by atoms with Crippen molar-refractivity contribution in [1.29, 1.82) is 0 Å². The van der Waals surface area contributed by atoms with Crippen molar-refractivity contribution in [3.63, 3.8) is 0 Å². The number of anilines is 1. The van der Waals surface area contributed by atoms with Crippen molar-refractivity contribution >= 4 is 47.3 Å². The smallest absolute Gasteiger partial charge is 0.224 e. The molecule has 0 bridgehead atoms. The minimum Gasteiger partial charge on any atom is -0.457 e. The molecule has 1 saturated heterocycles. The number of halogens is 2. The summed E-state index contributed by atoms with van der Waals surface area (Å²) >= 11 is 0. The molecule has 1 aliphatic heterocycles. The lowest BCUT2D eigenvalue weighted by molar-refractivity contribution is -0.116. The van der Waals surface area contributed by atoms with Crippen molar-refractivity contribution in [3.05, 3.63) is 60.8 Å². The number of fused-ring (bicyclic) bond motifs is 1. The highest BCUT2D eigenvalue weighted by Crippen LogP contribution is 2.29. The van der Waals surface area contributed by atoms with Gasteiger partial charge in [-0.15, -0.1) is 24.8 Å². The maximum atomic E-state index is 12.2. The third-order valence-electron chi connectivity index (χ3n) is 5.21. The monoisotopic (exact) mass is 447 g/mol. The molecule has 0 aliphatic carbocycles. The minimum atomic E-state index is 0. The molecule has 2 heterocycles. The van der Waals surface area contributed by atoms with E-state index in [-0.39, 0.29) is 30.7 Å². The molecule has 0 radical (unpaired) electrons. The van der Waals surface area contributed by atoms with Crippen molar-refractivity contribution < 1.29 is 9.53 Å². The molecule has 2 aromatic carbocycles.